The van der Waals surface area contributed by atoms with Gasteiger partial charge in [0.2, 0.25) is 5.96 Å². The van der Waals surface area contributed by atoms with Crippen molar-refractivity contribution in [3.63, 3.8) is 0 Å². The summed E-state index contributed by atoms with van der Waals surface area (Å²) in [5, 5.41) is 9.59. The molecule has 1 atom stereocenters. The third-order valence-electron chi connectivity index (χ3n) is 5.79. The standard InChI is InChI=1S/C28H37N7O.C2H6/c1-19-12-13-23(31-18-21-8-6-11-25(14-21)35(4)5)16-26(19)27(36)33-20(2)17-32-28(30-3)34-24-10-7-9-22(29)15-24;1-2/h6,8,10-17,20,31H,7,9,18,29H2,1-5H3,(H,30,34)(H,33,36);1-2H3/b32-17-;. The van der Waals surface area contributed by atoms with Crippen LogP contribution in [0.5, 0.6) is 0 Å². The van der Waals surface area contributed by atoms with Crippen molar-refractivity contribution in [2.75, 3.05) is 31.4 Å². The predicted molar refractivity (Wildman–Crippen MR) is 162 cm³/mol. The van der Waals surface area contributed by atoms with Crippen molar-refractivity contribution in [1.29, 1.82) is 0 Å². The first-order valence-electron chi connectivity index (χ1n) is 13.1. The third-order valence-corrected chi connectivity index (χ3v) is 5.79. The van der Waals surface area contributed by atoms with Gasteiger partial charge in [0.1, 0.15) is 0 Å². The van der Waals surface area contributed by atoms with Crippen molar-refractivity contribution in [3.05, 3.63) is 82.7 Å². The van der Waals surface area contributed by atoms with Crippen LogP contribution in [0.25, 0.3) is 0 Å². The Morgan fingerprint density at radius 1 is 1.18 bits per heavy atom. The molecule has 0 spiro atoms. The molecule has 0 aliphatic heterocycles. The van der Waals surface area contributed by atoms with E-state index in [0.29, 0.717) is 18.1 Å². The van der Waals surface area contributed by atoms with E-state index in [-0.39, 0.29) is 11.9 Å². The van der Waals surface area contributed by atoms with E-state index in [1.165, 1.54) is 5.56 Å². The molecule has 0 saturated heterocycles. The van der Waals surface area contributed by atoms with Gasteiger partial charge in [-0.15, -0.1) is 0 Å². The molecule has 1 aliphatic carbocycles. The monoisotopic (exact) mass is 517 g/mol. The summed E-state index contributed by atoms with van der Waals surface area (Å²) in [6.07, 6.45) is 7.35. The SMILES string of the molecule is CC.CN=C(/N=C\C(C)NC(=O)c1cc(NCc2cccc(N(C)C)c2)ccc1C)NC1=CCCC(N)=C1. The minimum absolute atomic E-state index is 0.154. The topological polar surface area (TPSA) is 107 Å². The molecule has 8 heteroatoms. The van der Waals surface area contributed by atoms with Gasteiger partial charge in [0.15, 0.2) is 0 Å². The largest absolute Gasteiger partial charge is 0.402 e. The lowest BCUT2D eigenvalue weighted by atomic mass is 10.1. The molecular weight excluding hydrogens is 474 g/mol. The van der Waals surface area contributed by atoms with Gasteiger partial charge >= 0.3 is 0 Å². The predicted octanol–water partition coefficient (Wildman–Crippen LogP) is 4.98. The van der Waals surface area contributed by atoms with E-state index >= 15 is 0 Å². The van der Waals surface area contributed by atoms with Gasteiger partial charge in [0.05, 0.1) is 6.04 Å². The second-order valence-corrected chi connectivity index (χ2v) is 9.08. The Morgan fingerprint density at radius 2 is 1.95 bits per heavy atom. The van der Waals surface area contributed by atoms with Crippen LogP contribution in [-0.4, -0.2) is 45.3 Å². The van der Waals surface area contributed by atoms with Crippen molar-refractivity contribution < 1.29 is 4.79 Å². The van der Waals surface area contributed by atoms with Crippen LogP contribution in [0.1, 0.15) is 55.1 Å². The van der Waals surface area contributed by atoms with Crippen molar-refractivity contribution in [2.45, 2.75) is 53.1 Å². The number of amides is 1. The average Bonchev–Trinajstić information content (AvgIpc) is 2.91. The minimum atomic E-state index is -0.290. The maximum absolute atomic E-state index is 13.0. The molecule has 0 aromatic heterocycles. The Bertz CT molecular complexity index is 1190. The zero-order valence-corrected chi connectivity index (χ0v) is 23.8. The first-order chi connectivity index (χ1) is 18.2. The van der Waals surface area contributed by atoms with Crippen molar-refractivity contribution in [2.24, 2.45) is 15.7 Å². The first kappa shape index (κ1) is 30.2. The minimum Gasteiger partial charge on any atom is -0.402 e. The molecule has 0 fully saturated rings. The molecule has 0 saturated carbocycles. The average molecular weight is 518 g/mol. The number of allylic oxidation sites excluding steroid dienone is 3. The molecule has 8 nitrogen and oxygen atoms in total. The highest BCUT2D eigenvalue weighted by atomic mass is 16.1. The summed E-state index contributed by atoms with van der Waals surface area (Å²) in [6.45, 7) is 8.47. The van der Waals surface area contributed by atoms with Gasteiger partial charge in [-0.1, -0.05) is 38.1 Å². The smallest absolute Gasteiger partial charge is 0.252 e. The Balaban J connectivity index is 0.00000247. The number of benzene rings is 2. The van der Waals surface area contributed by atoms with Gasteiger partial charge in [0, 0.05) is 62.2 Å². The highest BCUT2D eigenvalue weighted by molar-refractivity contribution is 5.99. The lowest BCUT2D eigenvalue weighted by molar-refractivity contribution is 0.0949. The second kappa shape index (κ2) is 15.2. The Labute approximate surface area is 227 Å². The Kier molecular flexibility index (Phi) is 12.1. The lowest BCUT2D eigenvalue weighted by Gasteiger charge is -2.15. The molecule has 1 unspecified atom stereocenters. The van der Waals surface area contributed by atoms with Crippen LogP contribution >= 0.6 is 0 Å². The number of hydrogen-bond acceptors (Lipinski definition) is 5. The number of rotatable bonds is 8. The molecule has 204 valence electrons. The van der Waals surface area contributed by atoms with E-state index in [1.807, 2.05) is 72.1 Å². The summed E-state index contributed by atoms with van der Waals surface area (Å²) in [7, 11) is 5.72. The number of anilines is 2. The van der Waals surface area contributed by atoms with Crippen LogP contribution in [0.2, 0.25) is 0 Å². The van der Waals surface area contributed by atoms with E-state index in [1.54, 1.807) is 13.3 Å². The van der Waals surface area contributed by atoms with Crippen LogP contribution < -0.4 is 26.6 Å². The Hall–Kier alpha value is -4.07. The van der Waals surface area contributed by atoms with Gasteiger partial charge < -0.3 is 26.6 Å². The van der Waals surface area contributed by atoms with Crippen molar-refractivity contribution >= 4 is 29.5 Å². The summed E-state index contributed by atoms with van der Waals surface area (Å²) in [6, 6.07) is 13.9. The fraction of sp³-hybridized carbons (Fsp3) is 0.367. The number of aliphatic imine (C=N–C) groups is 2. The number of nitrogens with one attached hydrogen (secondary N) is 3. The molecule has 1 amide bonds. The fourth-order valence-corrected chi connectivity index (χ4v) is 3.72. The van der Waals surface area contributed by atoms with E-state index in [2.05, 4.69) is 55.1 Å². The number of carbonyl (C=O) groups is 1. The summed E-state index contributed by atoms with van der Waals surface area (Å²) in [5.41, 5.74) is 12.4. The molecule has 5 N–H and O–H groups in total. The van der Waals surface area contributed by atoms with Gasteiger partial charge in [-0.05, 0) is 68.2 Å². The lowest BCUT2D eigenvalue weighted by Crippen LogP contribution is -2.34. The molecule has 38 heavy (non-hydrogen) atoms. The summed E-state index contributed by atoms with van der Waals surface area (Å²) >= 11 is 0. The van der Waals surface area contributed by atoms with E-state index in [0.717, 1.165) is 41.2 Å². The molecule has 0 heterocycles. The maximum Gasteiger partial charge on any atom is 0.252 e. The van der Waals surface area contributed by atoms with E-state index < -0.39 is 0 Å². The zero-order chi connectivity index (χ0) is 28.1. The highest BCUT2D eigenvalue weighted by Crippen LogP contribution is 2.18. The van der Waals surface area contributed by atoms with E-state index in [9.17, 15) is 4.79 Å². The quantitative estimate of drug-likeness (QED) is 0.292. The fourth-order valence-electron chi connectivity index (χ4n) is 3.72. The maximum atomic E-state index is 13.0. The van der Waals surface area contributed by atoms with Crippen molar-refractivity contribution in [1.82, 2.24) is 10.6 Å². The molecule has 0 radical (unpaired) electrons. The number of guanidine groups is 1. The number of nitrogens with two attached hydrogens (primary N) is 1. The van der Waals surface area contributed by atoms with Crippen LogP contribution in [0, 0.1) is 6.92 Å². The third kappa shape index (κ3) is 9.42. The first-order valence-corrected chi connectivity index (χ1v) is 13.1. The molecule has 2 aromatic rings. The highest BCUT2D eigenvalue weighted by Gasteiger charge is 2.13. The summed E-state index contributed by atoms with van der Waals surface area (Å²) in [5.74, 6) is 0.298. The van der Waals surface area contributed by atoms with Gasteiger partial charge in [-0.2, -0.15) is 0 Å². The molecule has 2 aromatic carbocycles. The van der Waals surface area contributed by atoms with Gasteiger partial charge in [0.25, 0.3) is 5.91 Å². The summed E-state index contributed by atoms with van der Waals surface area (Å²) in [4.78, 5) is 23.7. The van der Waals surface area contributed by atoms with Crippen LogP contribution in [0.4, 0.5) is 11.4 Å². The van der Waals surface area contributed by atoms with Crippen molar-refractivity contribution in [3.8, 4) is 0 Å². The second-order valence-electron chi connectivity index (χ2n) is 9.08. The van der Waals surface area contributed by atoms with Crippen LogP contribution in [0.15, 0.2) is 76.0 Å². The zero-order valence-electron chi connectivity index (χ0n) is 23.8. The summed E-state index contributed by atoms with van der Waals surface area (Å²) < 4.78 is 0. The van der Waals surface area contributed by atoms with Crippen LogP contribution in [0.3, 0.4) is 0 Å². The number of nitrogens with zero attached hydrogens (tertiary/aromatic N) is 3. The normalized spacial score (nSPS) is 14.0. The number of carbonyl (C=O) groups excluding carboxylic acids is 1. The van der Waals surface area contributed by atoms with Gasteiger partial charge in [-0.25, -0.2) is 4.99 Å². The van der Waals surface area contributed by atoms with E-state index in [4.69, 9.17) is 5.73 Å². The number of aryl methyl sites for hydroxylation is 1. The molecular formula is C30H43N7O. The molecule has 0 bridgehead atoms. The van der Waals surface area contributed by atoms with Crippen LogP contribution in [-0.2, 0) is 6.54 Å². The molecule has 3 rings (SSSR count). The molecule has 1 aliphatic rings. The Morgan fingerprint density at radius 3 is 2.63 bits per heavy atom. The number of hydrogen-bond donors (Lipinski definition) is 4. The van der Waals surface area contributed by atoms with Gasteiger partial charge in [-0.3, -0.25) is 9.79 Å².